The predicted octanol–water partition coefficient (Wildman–Crippen LogP) is 5.89. The lowest BCUT2D eigenvalue weighted by molar-refractivity contribution is -0.152. The van der Waals surface area contributed by atoms with Crippen LogP contribution in [0.1, 0.15) is 34.5 Å². The Kier molecular flexibility index (Phi) is 6.22. The van der Waals surface area contributed by atoms with Crippen LogP contribution in [0.25, 0.3) is 0 Å². The molecular formula is C24H17BrCl2N2O4. The Bertz CT molecular complexity index is 1260. The van der Waals surface area contributed by atoms with Crippen LogP contribution in [-0.4, -0.2) is 27.8 Å². The second-order valence-corrected chi connectivity index (χ2v) is 9.48. The molecule has 9 heteroatoms. The first kappa shape index (κ1) is 23.3. The maximum Gasteiger partial charge on any atom is 0.334 e. The highest BCUT2D eigenvalue weighted by Crippen LogP contribution is 2.42. The van der Waals surface area contributed by atoms with E-state index in [-0.39, 0.29) is 11.1 Å². The minimum Gasteiger partial charge on any atom is -0.479 e. The van der Waals surface area contributed by atoms with E-state index in [1.165, 1.54) is 19.1 Å². The summed E-state index contributed by atoms with van der Waals surface area (Å²) >= 11 is 15.4. The van der Waals surface area contributed by atoms with Gasteiger partial charge in [0, 0.05) is 14.5 Å². The van der Waals surface area contributed by atoms with Gasteiger partial charge in [0.05, 0.1) is 11.3 Å². The van der Waals surface area contributed by atoms with Crippen LogP contribution in [0.3, 0.4) is 0 Å². The monoisotopic (exact) mass is 546 g/mol. The van der Waals surface area contributed by atoms with Gasteiger partial charge in [-0.3, -0.25) is 9.59 Å². The van der Waals surface area contributed by atoms with Crippen molar-refractivity contribution >= 4 is 62.6 Å². The second-order valence-electron chi connectivity index (χ2n) is 7.69. The Morgan fingerprint density at radius 1 is 1.00 bits per heavy atom. The number of hydrogen-bond donors (Lipinski definition) is 2. The van der Waals surface area contributed by atoms with Crippen molar-refractivity contribution in [1.29, 1.82) is 0 Å². The average molecular weight is 548 g/mol. The van der Waals surface area contributed by atoms with Crippen molar-refractivity contribution in [2.45, 2.75) is 18.5 Å². The molecule has 2 unspecified atom stereocenters. The van der Waals surface area contributed by atoms with Crippen molar-refractivity contribution in [3.63, 3.8) is 0 Å². The lowest BCUT2D eigenvalue weighted by Crippen LogP contribution is -2.55. The summed E-state index contributed by atoms with van der Waals surface area (Å²) in [5.41, 5.74) is -0.751. The molecule has 3 aromatic carbocycles. The van der Waals surface area contributed by atoms with Gasteiger partial charge in [-0.2, -0.15) is 0 Å². The Morgan fingerprint density at radius 3 is 2.15 bits per heavy atom. The number of carboxylic acid groups (broad SMARTS) is 1. The highest BCUT2D eigenvalue weighted by molar-refractivity contribution is 9.10. The normalized spacial score (nSPS) is 17.6. The lowest BCUT2D eigenvalue weighted by atomic mass is 9.86. The Balaban J connectivity index is 2.01. The van der Waals surface area contributed by atoms with Crippen molar-refractivity contribution in [2.75, 3.05) is 5.32 Å². The molecule has 0 saturated heterocycles. The molecule has 2 atom stereocenters. The molecule has 1 heterocycles. The first-order chi connectivity index (χ1) is 15.6. The zero-order valence-electron chi connectivity index (χ0n) is 17.2. The summed E-state index contributed by atoms with van der Waals surface area (Å²) in [4.78, 5) is 41.4. The average Bonchev–Trinajstić information content (AvgIpc) is 2.88. The number of halogens is 3. The number of anilines is 1. The Hall–Kier alpha value is -2.87. The summed E-state index contributed by atoms with van der Waals surface area (Å²) in [5.74, 6) is -2.47. The van der Waals surface area contributed by atoms with E-state index in [0.29, 0.717) is 25.8 Å². The largest absolute Gasteiger partial charge is 0.479 e. The van der Waals surface area contributed by atoms with Crippen molar-refractivity contribution in [1.82, 2.24) is 4.90 Å². The highest BCUT2D eigenvalue weighted by Gasteiger charge is 2.51. The van der Waals surface area contributed by atoms with Gasteiger partial charge in [0.1, 0.15) is 6.04 Å². The first-order valence-corrected chi connectivity index (χ1v) is 11.4. The Labute approximate surface area is 208 Å². The van der Waals surface area contributed by atoms with E-state index < -0.39 is 29.4 Å². The summed E-state index contributed by atoms with van der Waals surface area (Å²) in [7, 11) is 0. The van der Waals surface area contributed by atoms with E-state index in [4.69, 9.17) is 23.2 Å². The standard InChI is InChI=1S/C24H17BrCl2N2O4/c1-24(23(32)33,14-4-9-17(27)10-5-14)29-20(13-2-7-16(26)8-3-13)21(30)28-19-11-6-15(25)12-18(19)22(29)31/h2-12,20H,1H3,(H,28,30)(H,32,33). The molecule has 0 fully saturated rings. The van der Waals surface area contributed by atoms with Gasteiger partial charge in [-0.05, 0) is 60.5 Å². The van der Waals surface area contributed by atoms with E-state index in [0.717, 1.165) is 4.90 Å². The number of fused-ring (bicyclic) bond motifs is 1. The quantitative estimate of drug-likeness (QED) is 0.426. The molecule has 0 bridgehead atoms. The van der Waals surface area contributed by atoms with Crippen LogP contribution in [-0.2, 0) is 15.1 Å². The summed E-state index contributed by atoms with van der Waals surface area (Å²) in [6.07, 6.45) is 0. The number of hydrogen-bond acceptors (Lipinski definition) is 3. The number of benzene rings is 3. The number of nitrogens with one attached hydrogen (secondary N) is 1. The predicted molar refractivity (Wildman–Crippen MR) is 130 cm³/mol. The SMILES string of the molecule is CC(C(=O)O)(c1ccc(Cl)cc1)N1C(=O)c2cc(Br)ccc2NC(=O)C1c1ccc(Cl)cc1. The van der Waals surface area contributed by atoms with E-state index in [1.54, 1.807) is 54.6 Å². The van der Waals surface area contributed by atoms with Gasteiger partial charge in [0.25, 0.3) is 11.8 Å². The van der Waals surface area contributed by atoms with E-state index in [9.17, 15) is 19.5 Å². The smallest absolute Gasteiger partial charge is 0.334 e. The maximum absolute atomic E-state index is 14.0. The van der Waals surface area contributed by atoms with Crippen molar-refractivity contribution < 1.29 is 19.5 Å². The molecule has 6 nitrogen and oxygen atoms in total. The van der Waals surface area contributed by atoms with Gasteiger partial charge in [0.2, 0.25) is 0 Å². The zero-order chi connectivity index (χ0) is 23.9. The molecule has 3 aromatic rings. The van der Waals surface area contributed by atoms with Crippen LogP contribution in [0, 0.1) is 0 Å². The summed E-state index contributed by atoms with van der Waals surface area (Å²) in [6.45, 7) is 1.40. The highest BCUT2D eigenvalue weighted by atomic mass is 79.9. The fourth-order valence-electron chi connectivity index (χ4n) is 3.91. The number of amides is 2. The first-order valence-electron chi connectivity index (χ1n) is 9.82. The van der Waals surface area contributed by atoms with Crippen LogP contribution >= 0.6 is 39.1 Å². The summed E-state index contributed by atoms with van der Waals surface area (Å²) in [5, 5.41) is 14.1. The Morgan fingerprint density at radius 2 is 1.58 bits per heavy atom. The molecule has 2 amide bonds. The van der Waals surface area contributed by atoms with Gasteiger partial charge in [-0.15, -0.1) is 0 Å². The minimum absolute atomic E-state index is 0.163. The molecule has 0 spiro atoms. The zero-order valence-corrected chi connectivity index (χ0v) is 20.3. The molecule has 0 saturated carbocycles. The maximum atomic E-state index is 14.0. The third-order valence-corrected chi connectivity index (χ3v) is 6.68. The van der Waals surface area contributed by atoms with Crippen molar-refractivity contribution in [2.24, 2.45) is 0 Å². The molecule has 33 heavy (non-hydrogen) atoms. The van der Waals surface area contributed by atoms with Crippen LogP contribution in [0.4, 0.5) is 5.69 Å². The molecule has 168 valence electrons. The molecule has 0 radical (unpaired) electrons. The van der Waals surface area contributed by atoms with Crippen molar-refractivity contribution in [3.8, 4) is 0 Å². The van der Waals surface area contributed by atoms with Crippen LogP contribution < -0.4 is 5.32 Å². The van der Waals surface area contributed by atoms with Gasteiger partial charge in [0.15, 0.2) is 5.54 Å². The van der Waals surface area contributed by atoms with Gasteiger partial charge in [-0.1, -0.05) is 63.4 Å². The van der Waals surface area contributed by atoms with Gasteiger partial charge < -0.3 is 15.3 Å². The van der Waals surface area contributed by atoms with E-state index in [1.807, 2.05) is 0 Å². The van der Waals surface area contributed by atoms with Crippen LogP contribution in [0.15, 0.2) is 71.2 Å². The molecule has 1 aliphatic rings. The number of rotatable bonds is 4. The van der Waals surface area contributed by atoms with Crippen molar-refractivity contribution in [3.05, 3.63) is 97.9 Å². The number of nitrogens with zero attached hydrogens (tertiary/aromatic N) is 1. The van der Waals surface area contributed by atoms with E-state index in [2.05, 4.69) is 21.2 Å². The third kappa shape index (κ3) is 4.12. The third-order valence-electron chi connectivity index (χ3n) is 5.69. The van der Waals surface area contributed by atoms with Gasteiger partial charge >= 0.3 is 5.97 Å². The molecule has 4 rings (SSSR count). The molecule has 0 aromatic heterocycles. The second kappa shape index (κ2) is 8.82. The fourth-order valence-corrected chi connectivity index (χ4v) is 4.53. The van der Waals surface area contributed by atoms with Crippen LogP contribution in [0.5, 0.6) is 0 Å². The number of aliphatic carboxylic acids is 1. The topological polar surface area (TPSA) is 86.7 Å². The number of carboxylic acids is 1. The van der Waals surface area contributed by atoms with Crippen LogP contribution in [0.2, 0.25) is 10.0 Å². The molecule has 0 aliphatic carbocycles. The fraction of sp³-hybridized carbons (Fsp3) is 0.125. The number of carbonyl (C=O) groups is 3. The van der Waals surface area contributed by atoms with Gasteiger partial charge in [-0.25, -0.2) is 4.79 Å². The summed E-state index contributed by atoms with van der Waals surface area (Å²) in [6, 6.07) is 16.1. The lowest BCUT2D eigenvalue weighted by Gasteiger charge is -2.41. The molecule has 2 N–H and O–H groups in total. The summed E-state index contributed by atoms with van der Waals surface area (Å²) < 4.78 is 0.609. The molecular weight excluding hydrogens is 531 g/mol. The van der Waals surface area contributed by atoms with E-state index >= 15 is 0 Å². The number of carbonyl (C=O) groups excluding carboxylic acids is 2. The minimum atomic E-state index is -1.91. The molecule has 1 aliphatic heterocycles.